The number of hydrogen-bond acceptors (Lipinski definition) is 7. The minimum atomic E-state index is -0.586. The molecule has 14 heteroatoms. The third-order valence-electron chi connectivity index (χ3n) is 9.01. The van der Waals surface area contributed by atoms with Crippen LogP contribution in [0.2, 0.25) is 0 Å². The largest absolute Gasteiger partial charge is 0.493 e. The SMILES string of the molecule is COc1cc(F)cnc1N1CCN(C(=O)c2cc3c(-c4ccccc4F)cc(C4=CCCN(C(=O)CCn5ccnn5)C4)c(F)c3[nH]2)CC1. The number of benzene rings is 2. The molecule has 0 spiro atoms. The number of nitrogens with one attached hydrogen (secondary N) is 1. The van der Waals surface area contributed by atoms with Crippen LogP contribution in [0.3, 0.4) is 0 Å². The summed E-state index contributed by atoms with van der Waals surface area (Å²) in [6, 6.07) is 10.7. The van der Waals surface area contributed by atoms with Crippen molar-refractivity contribution >= 4 is 34.1 Å². The molecule has 2 amide bonds. The van der Waals surface area contributed by atoms with E-state index in [2.05, 4.69) is 20.3 Å². The van der Waals surface area contributed by atoms with Crippen LogP contribution in [0.25, 0.3) is 27.6 Å². The van der Waals surface area contributed by atoms with Crippen LogP contribution >= 0.6 is 0 Å². The highest BCUT2D eigenvalue weighted by Crippen LogP contribution is 2.38. The Balaban J connectivity index is 1.17. The third-order valence-corrected chi connectivity index (χ3v) is 9.01. The summed E-state index contributed by atoms with van der Waals surface area (Å²) >= 11 is 0. The summed E-state index contributed by atoms with van der Waals surface area (Å²) in [7, 11) is 1.44. The molecule has 252 valence electrons. The van der Waals surface area contributed by atoms with Crippen molar-refractivity contribution in [1.82, 2.24) is 34.8 Å². The van der Waals surface area contributed by atoms with Crippen LogP contribution in [-0.4, -0.2) is 93.0 Å². The number of rotatable bonds is 8. The van der Waals surface area contributed by atoms with Crippen molar-refractivity contribution in [2.45, 2.75) is 19.4 Å². The highest BCUT2D eigenvalue weighted by molar-refractivity contribution is 6.04. The van der Waals surface area contributed by atoms with Gasteiger partial charge in [-0.15, -0.1) is 5.10 Å². The third kappa shape index (κ3) is 6.33. The number of amides is 2. The minimum absolute atomic E-state index is 0.0773. The number of nitrogens with zero attached hydrogens (tertiary/aromatic N) is 7. The average molecular weight is 671 g/mol. The second-order valence-electron chi connectivity index (χ2n) is 11.9. The molecule has 0 radical (unpaired) electrons. The van der Waals surface area contributed by atoms with Gasteiger partial charge in [0.05, 0.1) is 31.6 Å². The average Bonchev–Trinajstić information content (AvgIpc) is 3.82. The second kappa shape index (κ2) is 13.5. The molecule has 2 aliphatic heterocycles. The summed E-state index contributed by atoms with van der Waals surface area (Å²) in [5.41, 5.74) is 1.76. The number of aromatic nitrogens is 5. The number of methoxy groups -OCH3 is 1. The van der Waals surface area contributed by atoms with Crippen molar-refractivity contribution in [3.05, 3.63) is 95.8 Å². The summed E-state index contributed by atoms with van der Waals surface area (Å²) in [5, 5.41) is 8.04. The Morgan fingerprint density at radius 2 is 1.78 bits per heavy atom. The van der Waals surface area contributed by atoms with Crippen LogP contribution in [0.4, 0.5) is 19.0 Å². The number of H-pyrrole nitrogens is 1. The molecule has 3 aromatic heterocycles. The minimum Gasteiger partial charge on any atom is -0.493 e. The molecule has 0 saturated carbocycles. The number of aryl methyl sites for hydroxylation is 1. The number of piperazine rings is 1. The van der Waals surface area contributed by atoms with E-state index in [4.69, 9.17) is 4.74 Å². The molecule has 1 fully saturated rings. The van der Waals surface area contributed by atoms with Crippen molar-refractivity contribution in [3.63, 3.8) is 0 Å². The summed E-state index contributed by atoms with van der Waals surface area (Å²) in [4.78, 5) is 39.3. The number of pyridine rings is 1. The fourth-order valence-electron chi connectivity index (χ4n) is 6.48. The molecule has 5 aromatic rings. The zero-order valence-electron chi connectivity index (χ0n) is 26.7. The molecule has 49 heavy (non-hydrogen) atoms. The van der Waals surface area contributed by atoms with Gasteiger partial charge >= 0.3 is 0 Å². The van der Waals surface area contributed by atoms with Crippen molar-refractivity contribution in [2.24, 2.45) is 0 Å². The zero-order valence-corrected chi connectivity index (χ0v) is 26.7. The lowest BCUT2D eigenvalue weighted by Crippen LogP contribution is -2.49. The number of aromatic amines is 1. The standard InChI is InChI=1S/C35H33F3N8O3/c1-49-30-17-23(36)20-39-34(30)43-13-15-44(16-14-43)35(48)29-19-27-26(24-6-2-3-7-28(24)37)18-25(32(38)33(27)41-29)22-5-4-10-45(21-22)31(47)8-11-46-12-9-40-42-46/h2-3,5-7,9,12,17-20,41H,4,8,10-11,13-16,21H2,1H3. The van der Waals surface area contributed by atoms with Crippen LogP contribution in [0.1, 0.15) is 28.9 Å². The molecule has 11 nitrogen and oxygen atoms in total. The van der Waals surface area contributed by atoms with Gasteiger partial charge in [0, 0.05) is 74.5 Å². The maximum absolute atomic E-state index is 16.5. The van der Waals surface area contributed by atoms with E-state index >= 15 is 8.78 Å². The number of hydrogen-bond donors (Lipinski definition) is 1. The lowest BCUT2D eigenvalue weighted by Gasteiger charge is -2.35. The van der Waals surface area contributed by atoms with Crippen molar-refractivity contribution < 1.29 is 27.5 Å². The fourth-order valence-corrected chi connectivity index (χ4v) is 6.48. The van der Waals surface area contributed by atoms with Crippen LogP contribution in [0.15, 0.2) is 67.1 Å². The molecule has 2 aliphatic rings. The molecule has 5 heterocycles. The first-order valence-corrected chi connectivity index (χ1v) is 16.0. The lowest BCUT2D eigenvalue weighted by molar-refractivity contribution is -0.131. The Bertz CT molecular complexity index is 2050. The number of carbonyl (C=O) groups is 2. The molecular weight excluding hydrogens is 637 g/mol. The van der Waals surface area contributed by atoms with E-state index < -0.39 is 17.5 Å². The van der Waals surface area contributed by atoms with E-state index in [1.807, 2.05) is 11.0 Å². The highest BCUT2D eigenvalue weighted by atomic mass is 19.1. The van der Waals surface area contributed by atoms with Gasteiger partial charge in [0.15, 0.2) is 17.4 Å². The monoisotopic (exact) mass is 670 g/mol. The van der Waals surface area contributed by atoms with E-state index in [1.54, 1.807) is 57.2 Å². The number of ether oxygens (including phenoxy) is 1. The number of anilines is 1. The van der Waals surface area contributed by atoms with Gasteiger partial charge in [0.1, 0.15) is 17.3 Å². The van der Waals surface area contributed by atoms with E-state index in [9.17, 15) is 14.0 Å². The van der Waals surface area contributed by atoms with E-state index in [-0.39, 0.29) is 47.1 Å². The number of halogens is 3. The summed E-state index contributed by atoms with van der Waals surface area (Å²) in [6.45, 7) is 2.54. The van der Waals surface area contributed by atoms with Crippen LogP contribution in [-0.2, 0) is 11.3 Å². The summed E-state index contributed by atoms with van der Waals surface area (Å²) < 4.78 is 52.3. The van der Waals surface area contributed by atoms with Gasteiger partial charge < -0.3 is 24.4 Å². The van der Waals surface area contributed by atoms with Crippen LogP contribution < -0.4 is 9.64 Å². The van der Waals surface area contributed by atoms with E-state index in [1.165, 1.54) is 19.2 Å². The molecular formula is C35H33F3N8O3. The Kier molecular flexibility index (Phi) is 8.76. The molecule has 0 bridgehead atoms. The Hall–Kier alpha value is -5.66. The maximum atomic E-state index is 16.5. The van der Waals surface area contributed by atoms with Crippen molar-refractivity contribution in [1.29, 1.82) is 0 Å². The Labute approximate surface area is 279 Å². The fraction of sp³-hybridized carbons (Fsp3) is 0.286. The van der Waals surface area contributed by atoms with Crippen molar-refractivity contribution in [3.8, 4) is 16.9 Å². The van der Waals surface area contributed by atoms with Gasteiger partial charge in [0.2, 0.25) is 5.91 Å². The van der Waals surface area contributed by atoms with Gasteiger partial charge in [-0.05, 0) is 35.8 Å². The van der Waals surface area contributed by atoms with Crippen LogP contribution in [0.5, 0.6) is 5.75 Å². The maximum Gasteiger partial charge on any atom is 0.270 e. The first-order chi connectivity index (χ1) is 23.8. The predicted molar refractivity (Wildman–Crippen MR) is 176 cm³/mol. The number of fused-ring (bicyclic) bond motifs is 1. The van der Waals surface area contributed by atoms with Gasteiger partial charge in [-0.1, -0.05) is 29.5 Å². The zero-order chi connectivity index (χ0) is 34.1. The summed E-state index contributed by atoms with van der Waals surface area (Å²) in [5.74, 6) is -1.23. The quantitative estimate of drug-likeness (QED) is 0.250. The first-order valence-electron chi connectivity index (χ1n) is 16.0. The van der Waals surface area contributed by atoms with Gasteiger partial charge in [-0.25, -0.2) is 18.2 Å². The molecule has 1 N–H and O–H groups in total. The van der Waals surface area contributed by atoms with Gasteiger partial charge in [-0.3, -0.25) is 14.3 Å². The predicted octanol–water partition coefficient (Wildman–Crippen LogP) is 4.92. The normalized spacial score (nSPS) is 15.1. The Morgan fingerprint density at radius 3 is 2.53 bits per heavy atom. The Morgan fingerprint density at radius 1 is 0.959 bits per heavy atom. The topological polar surface area (TPSA) is 112 Å². The first kappa shape index (κ1) is 31.9. The van der Waals surface area contributed by atoms with Crippen molar-refractivity contribution in [2.75, 3.05) is 51.3 Å². The van der Waals surface area contributed by atoms with E-state index in [0.717, 1.165) is 6.20 Å². The molecule has 7 rings (SSSR count). The molecule has 0 atom stereocenters. The second-order valence-corrected chi connectivity index (χ2v) is 11.9. The van der Waals surface area contributed by atoms with E-state index in [0.29, 0.717) is 73.8 Å². The highest BCUT2D eigenvalue weighted by Gasteiger charge is 2.29. The smallest absolute Gasteiger partial charge is 0.270 e. The lowest BCUT2D eigenvalue weighted by atomic mass is 9.93. The number of carbonyl (C=O) groups excluding carboxylic acids is 2. The molecule has 0 unspecified atom stereocenters. The molecule has 2 aromatic carbocycles. The van der Waals surface area contributed by atoms with Gasteiger partial charge in [-0.2, -0.15) is 0 Å². The molecule has 1 saturated heterocycles. The molecule has 0 aliphatic carbocycles. The van der Waals surface area contributed by atoms with Crippen LogP contribution in [0, 0.1) is 17.5 Å². The van der Waals surface area contributed by atoms with Gasteiger partial charge in [0.25, 0.3) is 5.91 Å². The summed E-state index contributed by atoms with van der Waals surface area (Å²) in [6.07, 6.45) is 6.98.